The van der Waals surface area contributed by atoms with Crippen molar-refractivity contribution in [3.05, 3.63) is 29.8 Å². The largest absolute Gasteiger partial charge is 0.399 e. The molecule has 0 saturated carbocycles. The first-order valence-electron chi connectivity index (χ1n) is 6.08. The number of anilines is 1. The maximum Gasteiger partial charge on any atom is 0.168 e. The topological polar surface area (TPSA) is 55.1 Å². The Balaban J connectivity index is 2.70. The normalized spacial score (nSPS) is 11.5. The minimum absolute atomic E-state index is 0.176. The fourth-order valence-corrected chi connectivity index (χ4v) is 1.72. The van der Waals surface area contributed by atoms with E-state index >= 15 is 0 Å². The summed E-state index contributed by atoms with van der Waals surface area (Å²) in [6.07, 6.45) is 0.837. The van der Waals surface area contributed by atoms with Crippen LogP contribution in [0.5, 0.6) is 0 Å². The molecule has 0 aliphatic heterocycles. The summed E-state index contributed by atoms with van der Waals surface area (Å²) in [5.74, 6) is 0.176. The molecule has 0 saturated heterocycles. The molecule has 3 heteroatoms. The van der Waals surface area contributed by atoms with Gasteiger partial charge in [0.2, 0.25) is 0 Å². The first kappa shape index (κ1) is 13.7. The molecule has 0 radical (unpaired) electrons. The summed E-state index contributed by atoms with van der Waals surface area (Å²) < 4.78 is 0. The van der Waals surface area contributed by atoms with E-state index in [2.05, 4.69) is 12.2 Å². The standard InChI is InChI=1S/C14H22N2O/c1-4-16-10-9-14(2,3)13(17)11-5-7-12(15)8-6-11/h5-8,16H,4,9-10,15H2,1-3H3. The average molecular weight is 234 g/mol. The number of nitrogens with one attached hydrogen (secondary N) is 1. The van der Waals surface area contributed by atoms with E-state index in [1.807, 2.05) is 13.8 Å². The first-order chi connectivity index (χ1) is 7.97. The second kappa shape index (κ2) is 5.82. The predicted molar refractivity (Wildman–Crippen MR) is 72.1 cm³/mol. The molecule has 94 valence electrons. The third kappa shape index (κ3) is 3.86. The van der Waals surface area contributed by atoms with Crippen molar-refractivity contribution < 1.29 is 4.79 Å². The van der Waals surface area contributed by atoms with Crippen molar-refractivity contribution in [3.8, 4) is 0 Å². The Morgan fingerprint density at radius 1 is 1.29 bits per heavy atom. The van der Waals surface area contributed by atoms with Gasteiger partial charge in [-0.15, -0.1) is 0 Å². The summed E-state index contributed by atoms with van der Waals surface area (Å²) in [5, 5.41) is 3.25. The van der Waals surface area contributed by atoms with Gasteiger partial charge in [0.1, 0.15) is 0 Å². The highest BCUT2D eigenvalue weighted by Crippen LogP contribution is 2.25. The molecule has 0 amide bonds. The smallest absolute Gasteiger partial charge is 0.168 e. The van der Waals surface area contributed by atoms with Crippen molar-refractivity contribution >= 4 is 11.5 Å². The SMILES string of the molecule is CCNCCC(C)(C)C(=O)c1ccc(N)cc1. The first-order valence-corrected chi connectivity index (χ1v) is 6.08. The van der Waals surface area contributed by atoms with Crippen LogP contribution in [0.15, 0.2) is 24.3 Å². The number of Topliss-reactive ketones (excluding diaryl/α,β-unsaturated/α-hetero) is 1. The number of hydrogen-bond acceptors (Lipinski definition) is 3. The Bertz CT molecular complexity index is 368. The highest BCUT2D eigenvalue weighted by atomic mass is 16.1. The van der Waals surface area contributed by atoms with Gasteiger partial charge in [-0.2, -0.15) is 0 Å². The van der Waals surface area contributed by atoms with Gasteiger partial charge < -0.3 is 11.1 Å². The summed E-state index contributed by atoms with van der Waals surface area (Å²) in [6, 6.07) is 7.14. The van der Waals surface area contributed by atoms with Crippen LogP contribution < -0.4 is 11.1 Å². The van der Waals surface area contributed by atoms with E-state index in [1.165, 1.54) is 0 Å². The van der Waals surface area contributed by atoms with Crippen LogP contribution in [0.2, 0.25) is 0 Å². The zero-order chi connectivity index (χ0) is 12.9. The number of carbonyl (C=O) groups excluding carboxylic acids is 1. The van der Waals surface area contributed by atoms with Crippen molar-refractivity contribution in [1.29, 1.82) is 0 Å². The molecule has 1 aromatic carbocycles. The van der Waals surface area contributed by atoms with Crippen LogP contribution in [0.4, 0.5) is 5.69 Å². The second-order valence-electron chi connectivity index (χ2n) is 4.94. The van der Waals surface area contributed by atoms with Crippen LogP contribution in [0.1, 0.15) is 37.6 Å². The average Bonchev–Trinajstić information content (AvgIpc) is 2.29. The molecule has 1 rings (SSSR count). The summed E-state index contributed by atoms with van der Waals surface area (Å²) >= 11 is 0. The molecule has 0 aliphatic carbocycles. The van der Waals surface area contributed by atoms with Crippen LogP contribution in [0.3, 0.4) is 0 Å². The van der Waals surface area contributed by atoms with Crippen LogP contribution in [0, 0.1) is 5.41 Å². The minimum atomic E-state index is -0.335. The molecule has 0 fully saturated rings. The summed E-state index contributed by atoms with van der Waals surface area (Å²) in [4.78, 5) is 12.3. The molecular formula is C14H22N2O. The van der Waals surface area contributed by atoms with Gasteiger partial charge in [-0.25, -0.2) is 0 Å². The van der Waals surface area contributed by atoms with Gasteiger partial charge >= 0.3 is 0 Å². The third-order valence-corrected chi connectivity index (χ3v) is 2.96. The summed E-state index contributed by atoms with van der Waals surface area (Å²) in [5.41, 5.74) is 6.70. The van der Waals surface area contributed by atoms with Gasteiger partial charge in [0.15, 0.2) is 5.78 Å². The Hall–Kier alpha value is -1.35. The lowest BCUT2D eigenvalue weighted by Crippen LogP contribution is -2.29. The van der Waals surface area contributed by atoms with Gasteiger partial charge in [-0.3, -0.25) is 4.79 Å². The summed E-state index contributed by atoms with van der Waals surface area (Å²) in [6.45, 7) is 7.84. The van der Waals surface area contributed by atoms with E-state index in [-0.39, 0.29) is 11.2 Å². The van der Waals surface area contributed by atoms with E-state index in [1.54, 1.807) is 24.3 Å². The zero-order valence-electron chi connectivity index (χ0n) is 10.9. The molecule has 17 heavy (non-hydrogen) atoms. The number of benzene rings is 1. The predicted octanol–water partition coefficient (Wildman–Crippen LogP) is 2.48. The Labute approximate surface area is 103 Å². The molecular weight excluding hydrogens is 212 g/mol. The molecule has 3 N–H and O–H groups in total. The van der Waals surface area contributed by atoms with Crippen LogP contribution in [0.25, 0.3) is 0 Å². The molecule has 0 heterocycles. The number of ketones is 1. The van der Waals surface area contributed by atoms with Crippen molar-refractivity contribution in [2.75, 3.05) is 18.8 Å². The van der Waals surface area contributed by atoms with Gasteiger partial charge in [-0.1, -0.05) is 20.8 Å². The number of nitrogens with two attached hydrogens (primary N) is 1. The van der Waals surface area contributed by atoms with Crippen LogP contribution in [-0.4, -0.2) is 18.9 Å². The molecule has 0 spiro atoms. The van der Waals surface area contributed by atoms with E-state index in [9.17, 15) is 4.79 Å². The number of hydrogen-bond donors (Lipinski definition) is 2. The molecule has 0 unspecified atom stereocenters. The lowest BCUT2D eigenvalue weighted by molar-refractivity contribution is 0.0826. The van der Waals surface area contributed by atoms with E-state index in [0.29, 0.717) is 5.69 Å². The van der Waals surface area contributed by atoms with Gasteiger partial charge in [0, 0.05) is 16.7 Å². The fourth-order valence-electron chi connectivity index (χ4n) is 1.72. The van der Waals surface area contributed by atoms with Crippen LogP contribution >= 0.6 is 0 Å². The molecule has 0 aliphatic rings. The maximum atomic E-state index is 12.3. The number of nitrogen functional groups attached to an aromatic ring is 1. The highest BCUT2D eigenvalue weighted by Gasteiger charge is 2.27. The summed E-state index contributed by atoms with van der Waals surface area (Å²) in [7, 11) is 0. The highest BCUT2D eigenvalue weighted by molar-refractivity contribution is 6.00. The zero-order valence-corrected chi connectivity index (χ0v) is 10.9. The molecule has 0 aromatic heterocycles. The molecule has 1 aromatic rings. The quantitative estimate of drug-likeness (QED) is 0.451. The molecule has 0 bridgehead atoms. The molecule has 0 atom stereocenters. The van der Waals surface area contributed by atoms with Crippen LogP contribution in [-0.2, 0) is 0 Å². The van der Waals surface area contributed by atoms with Crippen molar-refractivity contribution in [2.45, 2.75) is 27.2 Å². The van der Waals surface area contributed by atoms with Gasteiger partial charge in [0.25, 0.3) is 0 Å². The molecule has 3 nitrogen and oxygen atoms in total. The maximum absolute atomic E-state index is 12.3. The monoisotopic (exact) mass is 234 g/mol. The Morgan fingerprint density at radius 3 is 2.41 bits per heavy atom. The van der Waals surface area contributed by atoms with E-state index < -0.39 is 0 Å². The number of carbonyl (C=O) groups is 1. The van der Waals surface area contributed by atoms with E-state index in [0.717, 1.165) is 25.1 Å². The van der Waals surface area contributed by atoms with Gasteiger partial charge in [0.05, 0.1) is 0 Å². The third-order valence-electron chi connectivity index (χ3n) is 2.96. The van der Waals surface area contributed by atoms with E-state index in [4.69, 9.17) is 5.73 Å². The lowest BCUT2D eigenvalue weighted by atomic mass is 9.81. The van der Waals surface area contributed by atoms with Crippen molar-refractivity contribution in [2.24, 2.45) is 5.41 Å². The number of rotatable bonds is 6. The second-order valence-corrected chi connectivity index (χ2v) is 4.94. The lowest BCUT2D eigenvalue weighted by Gasteiger charge is -2.23. The van der Waals surface area contributed by atoms with Gasteiger partial charge in [-0.05, 0) is 43.8 Å². The Morgan fingerprint density at radius 2 is 1.88 bits per heavy atom. The fraction of sp³-hybridized carbons (Fsp3) is 0.500. The van der Waals surface area contributed by atoms with Crippen molar-refractivity contribution in [3.63, 3.8) is 0 Å². The van der Waals surface area contributed by atoms with Crippen molar-refractivity contribution in [1.82, 2.24) is 5.32 Å². The Kier molecular flexibility index (Phi) is 4.70. The minimum Gasteiger partial charge on any atom is -0.399 e.